The number of rotatable bonds is 3. The van der Waals surface area contributed by atoms with E-state index in [1.807, 2.05) is 0 Å². The van der Waals surface area contributed by atoms with Crippen LogP contribution < -0.4 is 0 Å². The molecule has 0 atom stereocenters. The molecule has 0 aliphatic rings. The van der Waals surface area contributed by atoms with Crippen LogP contribution in [-0.4, -0.2) is 10.7 Å². The van der Waals surface area contributed by atoms with Gasteiger partial charge in [-0.3, -0.25) is 4.98 Å². The highest BCUT2D eigenvalue weighted by atomic mass is 79.9. The Morgan fingerprint density at radius 2 is 2.42 bits per heavy atom. The monoisotopic (exact) mass is 265 g/mol. The maximum atomic E-state index is 5.73. The third-order valence-electron chi connectivity index (χ3n) is 1.32. The number of alkyl halides is 1. The van der Waals surface area contributed by atoms with Crippen LogP contribution in [0.1, 0.15) is 12.6 Å². The molecule has 0 aromatic carbocycles. The van der Waals surface area contributed by atoms with Crippen LogP contribution in [0, 0.1) is 0 Å². The van der Waals surface area contributed by atoms with Crippen molar-refractivity contribution in [1.82, 2.24) is 4.98 Å². The molecular weight excluding hydrogens is 258 g/mol. The fourth-order valence-corrected chi connectivity index (χ4v) is 2.42. The minimum Gasteiger partial charge on any atom is -0.258 e. The number of thioether (sulfide) groups is 1. The van der Waals surface area contributed by atoms with Gasteiger partial charge in [0.1, 0.15) is 0 Å². The molecule has 0 N–H and O–H groups in total. The van der Waals surface area contributed by atoms with Crippen molar-refractivity contribution >= 4 is 39.3 Å². The molecule has 4 heteroatoms. The second kappa shape index (κ2) is 5.10. The third-order valence-corrected chi connectivity index (χ3v) is 2.96. The Morgan fingerprint density at radius 3 is 3.00 bits per heavy atom. The van der Waals surface area contributed by atoms with Crippen LogP contribution in [-0.2, 0) is 5.88 Å². The van der Waals surface area contributed by atoms with Gasteiger partial charge in [-0.05, 0) is 27.7 Å². The Hall–Kier alpha value is 0.270. The third kappa shape index (κ3) is 2.64. The average Bonchev–Trinajstić information content (AvgIpc) is 2.05. The van der Waals surface area contributed by atoms with Gasteiger partial charge in [0.15, 0.2) is 0 Å². The quantitative estimate of drug-likeness (QED) is 0.611. The van der Waals surface area contributed by atoms with Crippen LogP contribution >= 0.6 is 39.3 Å². The van der Waals surface area contributed by atoms with Crippen molar-refractivity contribution in [2.75, 3.05) is 5.75 Å². The van der Waals surface area contributed by atoms with Crippen LogP contribution in [0.3, 0.4) is 0 Å². The Bertz CT molecular complexity index is 267. The summed E-state index contributed by atoms with van der Waals surface area (Å²) in [5.74, 6) is 1.53. The van der Waals surface area contributed by atoms with Gasteiger partial charge in [-0.2, -0.15) is 0 Å². The number of hydrogen-bond donors (Lipinski definition) is 0. The van der Waals surface area contributed by atoms with E-state index in [0.29, 0.717) is 5.88 Å². The summed E-state index contributed by atoms with van der Waals surface area (Å²) in [6.07, 6.45) is 1.78. The minimum atomic E-state index is 0.482. The van der Waals surface area contributed by atoms with Crippen LogP contribution in [0.2, 0.25) is 0 Å². The van der Waals surface area contributed by atoms with E-state index in [4.69, 9.17) is 11.6 Å². The Morgan fingerprint density at radius 1 is 1.67 bits per heavy atom. The minimum absolute atomic E-state index is 0.482. The molecule has 1 aromatic rings. The van der Waals surface area contributed by atoms with E-state index in [1.165, 1.54) is 4.90 Å². The first-order valence-corrected chi connectivity index (χ1v) is 5.92. The molecule has 0 spiro atoms. The van der Waals surface area contributed by atoms with Crippen molar-refractivity contribution in [2.45, 2.75) is 17.7 Å². The molecule has 66 valence electrons. The molecule has 0 saturated carbocycles. The van der Waals surface area contributed by atoms with Gasteiger partial charge in [0.25, 0.3) is 0 Å². The molecule has 1 aromatic heterocycles. The van der Waals surface area contributed by atoms with Gasteiger partial charge >= 0.3 is 0 Å². The first-order chi connectivity index (χ1) is 5.77. The second-order valence-corrected chi connectivity index (χ2v) is 4.65. The van der Waals surface area contributed by atoms with Crippen LogP contribution in [0.4, 0.5) is 0 Å². The fourth-order valence-electron chi connectivity index (χ4n) is 0.830. The lowest BCUT2D eigenvalue weighted by atomic mass is 10.4. The molecule has 0 fully saturated rings. The zero-order valence-corrected chi connectivity index (χ0v) is 9.84. The molecule has 1 nitrogen and oxygen atoms in total. The number of aromatic nitrogens is 1. The van der Waals surface area contributed by atoms with E-state index in [0.717, 1.165) is 15.9 Å². The van der Waals surface area contributed by atoms with E-state index in [2.05, 4.69) is 33.9 Å². The summed E-state index contributed by atoms with van der Waals surface area (Å²) in [5.41, 5.74) is 0.965. The summed E-state index contributed by atoms with van der Waals surface area (Å²) in [6, 6.07) is 2.05. The number of hydrogen-bond acceptors (Lipinski definition) is 2. The Labute approximate surface area is 90.0 Å². The van der Waals surface area contributed by atoms with Crippen LogP contribution in [0.15, 0.2) is 21.6 Å². The van der Waals surface area contributed by atoms with E-state index in [-0.39, 0.29) is 0 Å². The molecule has 12 heavy (non-hydrogen) atoms. The van der Waals surface area contributed by atoms with Gasteiger partial charge in [-0.25, -0.2) is 0 Å². The lowest BCUT2D eigenvalue weighted by molar-refractivity contribution is 1.08. The standard InChI is InChI=1S/C8H9BrClNS/c1-2-12-8-3-6(9)5-11-7(8)4-10/h3,5H,2,4H2,1H3. The molecule has 1 heterocycles. The van der Waals surface area contributed by atoms with Crippen molar-refractivity contribution in [3.05, 3.63) is 22.4 Å². The molecule has 0 radical (unpaired) electrons. The van der Waals surface area contributed by atoms with Gasteiger partial charge in [0, 0.05) is 15.6 Å². The highest BCUT2D eigenvalue weighted by Gasteiger charge is 2.02. The molecule has 0 amide bonds. The second-order valence-electron chi connectivity index (χ2n) is 2.17. The summed E-state index contributed by atoms with van der Waals surface area (Å²) >= 11 is 10.9. The van der Waals surface area contributed by atoms with E-state index < -0.39 is 0 Å². The van der Waals surface area contributed by atoms with Crippen LogP contribution in [0.5, 0.6) is 0 Å². The zero-order chi connectivity index (χ0) is 8.97. The summed E-state index contributed by atoms with van der Waals surface area (Å²) in [7, 11) is 0. The van der Waals surface area contributed by atoms with Gasteiger partial charge in [-0.1, -0.05) is 6.92 Å². The highest BCUT2D eigenvalue weighted by molar-refractivity contribution is 9.10. The fraction of sp³-hybridized carbons (Fsp3) is 0.375. The predicted molar refractivity (Wildman–Crippen MR) is 57.9 cm³/mol. The number of pyridine rings is 1. The van der Waals surface area contributed by atoms with E-state index in [9.17, 15) is 0 Å². The first kappa shape index (κ1) is 10.4. The maximum absolute atomic E-state index is 5.73. The SMILES string of the molecule is CCSc1cc(Br)cnc1CCl. The molecule has 0 saturated heterocycles. The summed E-state index contributed by atoms with van der Waals surface area (Å²) in [6.45, 7) is 2.11. The van der Waals surface area contributed by atoms with Gasteiger partial charge in [-0.15, -0.1) is 23.4 Å². The average molecular weight is 267 g/mol. The van der Waals surface area contributed by atoms with E-state index in [1.54, 1.807) is 18.0 Å². The van der Waals surface area contributed by atoms with Crippen molar-refractivity contribution in [2.24, 2.45) is 0 Å². The number of halogens is 2. The number of nitrogens with zero attached hydrogens (tertiary/aromatic N) is 1. The normalized spacial score (nSPS) is 10.2. The van der Waals surface area contributed by atoms with Crippen molar-refractivity contribution in [3.63, 3.8) is 0 Å². The Balaban J connectivity index is 2.95. The summed E-state index contributed by atoms with van der Waals surface area (Å²) in [4.78, 5) is 5.38. The molecule has 0 bridgehead atoms. The molecular formula is C8H9BrClNS. The zero-order valence-electron chi connectivity index (χ0n) is 6.68. The van der Waals surface area contributed by atoms with Crippen LogP contribution in [0.25, 0.3) is 0 Å². The highest BCUT2D eigenvalue weighted by Crippen LogP contribution is 2.25. The van der Waals surface area contributed by atoms with Gasteiger partial charge in [0.05, 0.1) is 11.6 Å². The lowest BCUT2D eigenvalue weighted by Gasteiger charge is -2.03. The first-order valence-electron chi connectivity index (χ1n) is 3.61. The lowest BCUT2D eigenvalue weighted by Crippen LogP contribution is -1.89. The van der Waals surface area contributed by atoms with Crippen molar-refractivity contribution in [1.29, 1.82) is 0 Å². The Kier molecular flexibility index (Phi) is 4.40. The molecule has 0 aliphatic carbocycles. The molecule has 0 aliphatic heterocycles. The molecule has 0 unspecified atom stereocenters. The van der Waals surface area contributed by atoms with E-state index >= 15 is 0 Å². The van der Waals surface area contributed by atoms with Crippen molar-refractivity contribution in [3.8, 4) is 0 Å². The molecule has 1 rings (SSSR count). The smallest absolute Gasteiger partial charge is 0.0687 e. The summed E-state index contributed by atoms with van der Waals surface area (Å²) < 4.78 is 1.01. The van der Waals surface area contributed by atoms with Gasteiger partial charge in [0.2, 0.25) is 0 Å². The van der Waals surface area contributed by atoms with Crippen molar-refractivity contribution < 1.29 is 0 Å². The summed E-state index contributed by atoms with van der Waals surface area (Å²) in [5, 5.41) is 0. The largest absolute Gasteiger partial charge is 0.258 e. The van der Waals surface area contributed by atoms with Gasteiger partial charge < -0.3 is 0 Å². The topological polar surface area (TPSA) is 12.9 Å². The predicted octanol–water partition coefficient (Wildman–Crippen LogP) is 3.69. The maximum Gasteiger partial charge on any atom is 0.0687 e.